The molecule has 1 aromatic heterocycles. The molecule has 0 radical (unpaired) electrons. The third-order valence-corrected chi connectivity index (χ3v) is 2.56. The van der Waals surface area contributed by atoms with E-state index in [2.05, 4.69) is 5.32 Å². The van der Waals surface area contributed by atoms with Crippen molar-refractivity contribution in [1.82, 2.24) is 5.32 Å². The zero-order valence-electron chi connectivity index (χ0n) is 8.99. The number of aliphatic hydroxyl groups is 1. The number of carbonyl (C=O) groups is 1. The van der Waals surface area contributed by atoms with Crippen molar-refractivity contribution in [2.75, 3.05) is 13.2 Å². The first-order valence-electron chi connectivity index (χ1n) is 5.01. The van der Waals surface area contributed by atoms with Crippen LogP contribution < -0.4 is 5.32 Å². The van der Waals surface area contributed by atoms with Gasteiger partial charge in [-0.3, -0.25) is 4.79 Å². The highest BCUT2D eigenvalue weighted by Gasteiger charge is 2.12. The second-order valence-electron chi connectivity index (χ2n) is 3.17. The molecule has 0 aromatic carbocycles. The summed E-state index contributed by atoms with van der Waals surface area (Å²) in [6.07, 6.45) is 0.459. The summed E-state index contributed by atoms with van der Waals surface area (Å²) in [5.74, 6) is -2.41. The molecule has 1 heterocycles. The largest absolute Gasteiger partial charge is 0.455 e. The van der Waals surface area contributed by atoms with Gasteiger partial charge >= 0.3 is 0 Å². The summed E-state index contributed by atoms with van der Waals surface area (Å²) >= 11 is 0.439. The van der Waals surface area contributed by atoms with Crippen LogP contribution in [0.1, 0.15) is 22.7 Å². The highest BCUT2D eigenvalue weighted by Crippen LogP contribution is 2.21. The first-order valence-corrected chi connectivity index (χ1v) is 6.06. The van der Waals surface area contributed by atoms with E-state index in [9.17, 15) is 13.6 Å². The van der Waals surface area contributed by atoms with Crippen molar-refractivity contribution in [3.63, 3.8) is 0 Å². The Hall–Kier alpha value is -1.08. The predicted octanol–water partition coefficient (Wildman–Crippen LogP) is 1.85. The molecule has 0 unspecified atom stereocenters. The third kappa shape index (κ3) is 5.18. The van der Waals surface area contributed by atoms with Crippen LogP contribution >= 0.6 is 11.8 Å². The normalized spacial score (nSPS) is 10.8. The van der Waals surface area contributed by atoms with Gasteiger partial charge in [0.05, 0.1) is 5.75 Å². The van der Waals surface area contributed by atoms with Gasteiger partial charge in [-0.2, -0.15) is 8.78 Å². The van der Waals surface area contributed by atoms with Gasteiger partial charge in [0.2, 0.25) is 0 Å². The lowest BCUT2D eigenvalue weighted by Gasteiger charge is -2.00. The summed E-state index contributed by atoms with van der Waals surface area (Å²) in [6.45, 7) is 0.339. The van der Waals surface area contributed by atoms with Gasteiger partial charge in [-0.1, -0.05) is 11.8 Å². The summed E-state index contributed by atoms with van der Waals surface area (Å²) in [4.78, 5) is 11.4. The number of thioether (sulfide) groups is 1. The quantitative estimate of drug-likeness (QED) is 0.738. The third-order valence-electron chi connectivity index (χ3n) is 1.86. The molecule has 0 aliphatic heterocycles. The number of hydrogen-bond donors (Lipinski definition) is 2. The summed E-state index contributed by atoms with van der Waals surface area (Å²) in [5.41, 5.74) is 0. The molecule has 1 amide bonds. The van der Waals surface area contributed by atoms with E-state index in [1.807, 2.05) is 0 Å². The van der Waals surface area contributed by atoms with Crippen LogP contribution in [0.3, 0.4) is 0 Å². The van der Waals surface area contributed by atoms with Crippen molar-refractivity contribution in [3.8, 4) is 0 Å². The van der Waals surface area contributed by atoms with Crippen LogP contribution in [0.5, 0.6) is 0 Å². The minimum Gasteiger partial charge on any atom is -0.455 e. The zero-order valence-corrected chi connectivity index (χ0v) is 9.80. The minimum absolute atomic E-state index is 0.00524. The molecule has 1 rings (SSSR count). The Morgan fingerprint density at radius 3 is 2.94 bits per heavy atom. The fourth-order valence-corrected chi connectivity index (χ4v) is 1.54. The van der Waals surface area contributed by atoms with E-state index < -0.39 is 11.7 Å². The number of amides is 1. The Bertz CT molecular complexity index is 357. The molecule has 0 spiro atoms. The predicted molar refractivity (Wildman–Crippen MR) is 60.0 cm³/mol. The van der Waals surface area contributed by atoms with Crippen LogP contribution in [0.4, 0.5) is 8.78 Å². The molecular weight excluding hydrogens is 252 g/mol. The number of carbonyl (C=O) groups excluding carboxylic acids is 1. The Labute approximate surface area is 101 Å². The van der Waals surface area contributed by atoms with Crippen LogP contribution in [-0.4, -0.2) is 29.9 Å². The molecule has 17 heavy (non-hydrogen) atoms. The Balaban J connectivity index is 2.41. The van der Waals surface area contributed by atoms with Gasteiger partial charge in [0, 0.05) is 13.2 Å². The maximum atomic E-state index is 11.9. The number of nitrogens with one attached hydrogen (secondary N) is 1. The lowest BCUT2D eigenvalue weighted by Crippen LogP contribution is -2.24. The smallest absolute Gasteiger partial charge is 0.286 e. The van der Waals surface area contributed by atoms with Gasteiger partial charge in [0.25, 0.3) is 11.7 Å². The topological polar surface area (TPSA) is 62.5 Å². The van der Waals surface area contributed by atoms with Crippen molar-refractivity contribution in [3.05, 3.63) is 23.7 Å². The molecule has 0 bridgehead atoms. The molecule has 7 heteroatoms. The van der Waals surface area contributed by atoms with E-state index in [-0.39, 0.29) is 18.1 Å². The molecular formula is C10H13F2NO3S. The summed E-state index contributed by atoms with van der Waals surface area (Å²) in [6, 6.07) is 2.94. The van der Waals surface area contributed by atoms with Gasteiger partial charge in [-0.15, -0.1) is 0 Å². The van der Waals surface area contributed by atoms with Crippen molar-refractivity contribution in [1.29, 1.82) is 0 Å². The molecule has 0 saturated carbocycles. The zero-order chi connectivity index (χ0) is 12.7. The number of furan rings is 1. The lowest BCUT2D eigenvalue weighted by molar-refractivity contribution is 0.0922. The van der Waals surface area contributed by atoms with E-state index in [1.165, 1.54) is 12.1 Å². The first kappa shape index (κ1) is 14.0. The molecule has 0 aliphatic rings. The average Bonchev–Trinajstić information content (AvgIpc) is 2.75. The second-order valence-corrected chi connectivity index (χ2v) is 4.15. The number of alkyl halides is 2. The maximum Gasteiger partial charge on any atom is 0.286 e. The van der Waals surface area contributed by atoms with Gasteiger partial charge < -0.3 is 14.8 Å². The van der Waals surface area contributed by atoms with Crippen molar-refractivity contribution >= 4 is 17.7 Å². The Kier molecular flexibility index (Phi) is 5.99. The standard InChI is InChI=1S/C10H13F2NO3S/c11-10(12)17-6-7-2-3-8(16-7)9(15)13-4-1-5-14/h2-3,10,14H,1,4-6H2,(H,13,15). The van der Waals surface area contributed by atoms with Crippen LogP contribution in [-0.2, 0) is 5.75 Å². The van der Waals surface area contributed by atoms with Gasteiger partial charge in [-0.25, -0.2) is 0 Å². The number of aliphatic hydroxyl groups excluding tert-OH is 1. The Morgan fingerprint density at radius 1 is 1.53 bits per heavy atom. The Morgan fingerprint density at radius 2 is 2.29 bits per heavy atom. The molecule has 96 valence electrons. The highest BCUT2D eigenvalue weighted by atomic mass is 32.2. The van der Waals surface area contributed by atoms with Crippen molar-refractivity contribution in [2.45, 2.75) is 17.9 Å². The summed E-state index contributed by atoms with van der Waals surface area (Å²) in [7, 11) is 0. The van der Waals surface area contributed by atoms with Gasteiger partial charge in [0.1, 0.15) is 5.76 Å². The van der Waals surface area contributed by atoms with Gasteiger partial charge in [0.15, 0.2) is 5.76 Å². The summed E-state index contributed by atoms with van der Waals surface area (Å²) in [5, 5.41) is 11.1. The van der Waals surface area contributed by atoms with Crippen LogP contribution in [0.15, 0.2) is 16.5 Å². The SMILES string of the molecule is O=C(NCCCO)c1ccc(CSC(F)F)o1. The summed E-state index contributed by atoms with van der Waals surface area (Å²) < 4.78 is 28.9. The number of rotatable bonds is 7. The van der Waals surface area contributed by atoms with Crippen molar-refractivity contribution in [2.24, 2.45) is 0 Å². The van der Waals surface area contributed by atoms with Crippen LogP contribution in [0.2, 0.25) is 0 Å². The van der Waals surface area contributed by atoms with Crippen LogP contribution in [0, 0.1) is 0 Å². The van der Waals surface area contributed by atoms with E-state index in [1.54, 1.807) is 0 Å². The fraction of sp³-hybridized carbons (Fsp3) is 0.500. The maximum absolute atomic E-state index is 11.9. The molecule has 2 N–H and O–H groups in total. The lowest BCUT2D eigenvalue weighted by atomic mass is 10.4. The van der Waals surface area contributed by atoms with E-state index in [4.69, 9.17) is 9.52 Å². The minimum atomic E-state index is -2.46. The molecule has 0 fully saturated rings. The molecule has 0 atom stereocenters. The molecule has 0 aliphatic carbocycles. The van der Waals surface area contributed by atoms with Crippen molar-refractivity contribution < 1.29 is 23.1 Å². The van der Waals surface area contributed by atoms with Crippen LogP contribution in [0.25, 0.3) is 0 Å². The number of halogens is 2. The van der Waals surface area contributed by atoms with Gasteiger partial charge in [-0.05, 0) is 18.6 Å². The van der Waals surface area contributed by atoms with E-state index in [0.29, 0.717) is 30.5 Å². The second kappa shape index (κ2) is 7.29. The molecule has 4 nitrogen and oxygen atoms in total. The fourth-order valence-electron chi connectivity index (χ4n) is 1.09. The molecule has 1 aromatic rings. The van der Waals surface area contributed by atoms with E-state index >= 15 is 0 Å². The number of hydrogen-bond acceptors (Lipinski definition) is 4. The highest BCUT2D eigenvalue weighted by molar-refractivity contribution is 7.98. The van der Waals surface area contributed by atoms with E-state index in [0.717, 1.165) is 0 Å². The monoisotopic (exact) mass is 265 g/mol. The average molecular weight is 265 g/mol. The first-order chi connectivity index (χ1) is 8.13. The molecule has 0 saturated heterocycles.